The minimum Gasteiger partial charge on any atom is -0.448 e. The van der Waals surface area contributed by atoms with Gasteiger partial charge in [0.1, 0.15) is 7.05 Å². The minimum absolute atomic E-state index is 0.165. The Bertz CT molecular complexity index is 1270. The highest BCUT2D eigenvalue weighted by Gasteiger charge is 2.35. The van der Waals surface area contributed by atoms with Crippen molar-refractivity contribution in [3.63, 3.8) is 0 Å². The second-order valence-corrected chi connectivity index (χ2v) is 9.33. The van der Waals surface area contributed by atoms with Crippen LogP contribution in [0.15, 0.2) is 42.6 Å². The van der Waals surface area contributed by atoms with Gasteiger partial charge in [-0.1, -0.05) is 39.0 Å². The number of rotatable bonds is 1. The SMILES string of the molecule is Cc1ccc2c3c(cn2C)Oc2c(CC(C)(C)C)c4ccccc4[n+](C)c2-c13. The van der Waals surface area contributed by atoms with Gasteiger partial charge in [-0.25, -0.2) is 0 Å². The van der Waals surface area contributed by atoms with Crippen LogP contribution in [0.4, 0.5) is 0 Å². The lowest BCUT2D eigenvalue weighted by Gasteiger charge is -2.25. The van der Waals surface area contributed by atoms with E-state index in [1.54, 1.807) is 0 Å². The van der Waals surface area contributed by atoms with Crippen LogP contribution in [0.1, 0.15) is 31.9 Å². The van der Waals surface area contributed by atoms with Gasteiger partial charge in [-0.15, -0.1) is 0 Å². The smallest absolute Gasteiger partial charge is 0.257 e. The largest absolute Gasteiger partial charge is 0.448 e. The maximum Gasteiger partial charge on any atom is 0.257 e. The van der Waals surface area contributed by atoms with Crippen LogP contribution in [0.3, 0.4) is 0 Å². The Morgan fingerprint density at radius 2 is 1.82 bits per heavy atom. The zero-order valence-corrected chi connectivity index (χ0v) is 17.6. The predicted molar refractivity (Wildman–Crippen MR) is 115 cm³/mol. The van der Waals surface area contributed by atoms with E-state index in [2.05, 4.69) is 93.5 Å². The van der Waals surface area contributed by atoms with Crippen LogP contribution < -0.4 is 9.30 Å². The lowest BCUT2D eigenvalue weighted by Crippen LogP contribution is -2.34. The first-order valence-electron chi connectivity index (χ1n) is 9.97. The van der Waals surface area contributed by atoms with Crippen molar-refractivity contribution in [2.75, 3.05) is 0 Å². The molecular weight excluding hydrogens is 344 g/mol. The number of benzene rings is 2. The van der Waals surface area contributed by atoms with Gasteiger partial charge in [-0.2, -0.15) is 4.57 Å². The Morgan fingerprint density at radius 3 is 2.57 bits per heavy atom. The Balaban J connectivity index is 1.98. The van der Waals surface area contributed by atoms with Gasteiger partial charge in [-0.3, -0.25) is 0 Å². The third-order valence-corrected chi connectivity index (χ3v) is 5.90. The van der Waals surface area contributed by atoms with Crippen LogP contribution in [0, 0.1) is 12.3 Å². The third-order valence-electron chi connectivity index (χ3n) is 5.90. The highest BCUT2D eigenvalue weighted by Crippen LogP contribution is 2.50. The van der Waals surface area contributed by atoms with E-state index in [9.17, 15) is 0 Å². The maximum absolute atomic E-state index is 6.65. The van der Waals surface area contributed by atoms with E-state index < -0.39 is 0 Å². The number of para-hydroxylation sites is 1. The molecule has 0 saturated carbocycles. The quantitative estimate of drug-likeness (QED) is 0.339. The van der Waals surface area contributed by atoms with Crippen LogP contribution in [-0.4, -0.2) is 4.57 Å². The second kappa shape index (κ2) is 5.60. The third kappa shape index (κ3) is 2.32. The van der Waals surface area contributed by atoms with Gasteiger partial charge in [0.15, 0.2) is 5.75 Å². The van der Waals surface area contributed by atoms with E-state index in [1.165, 1.54) is 44.2 Å². The first-order chi connectivity index (χ1) is 13.3. The summed E-state index contributed by atoms with van der Waals surface area (Å²) in [4.78, 5) is 0. The van der Waals surface area contributed by atoms with Crippen LogP contribution in [0.2, 0.25) is 0 Å². The molecule has 0 spiro atoms. The minimum atomic E-state index is 0.165. The fourth-order valence-electron chi connectivity index (χ4n) is 4.70. The lowest BCUT2D eigenvalue weighted by atomic mass is 9.84. The van der Waals surface area contributed by atoms with Crippen molar-refractivity contribution >= 4 is 21.8 Å². The molecule has 0 amide bonds. The van der Waals surface area contributed by atoms with Crippen molar-refractivity contribution in [3.8, 4) is 22.8 Å². The summed E-state index contributed by atoms with van der Waals surface area (Å²) in [5.74, 6) is 1.99. The van der Waals surface area contributed by atoms with Gasteiger partial charge in [0.05, 0.1) is 21.9 Å². The molecule has 1 aliphatic rings. The van der Waals surface area contributed by atoms with Gasteiger partial charge in [-0.05, 0) is 36.5 Å². The molecular formula is C25H27N2O+. The molecule has 1 aliphatic heterocycles. The molecule has 4 aromatic rings. The molecule has 2 aromatic carbocycles. The van der Waals surface area contributed by atoms with Crippen LogP contribution >= 0.6 is 0 Å². The standard InChI is InChI=1S/C25H27N2O/c1-15-11-12-19-22-20(14-26(19)5)28-24-17(13-25(2,3)4)16-9-7-8-10-18(16)27(6)23(24)21(15)22/h7-12,14H,13H2,1-6H3/q+1. The molecule has 3 heteroatoms. The number of nitrogens with zero attached hydrogens (tertiary/aromatic N) is 2. The zero-order valence-electron chi connectivity index (χ0n) is 17.6. The second-order valence-electron chi connectivity index (χ2n) is 9.33. The number of hydrogen-bond acceptors (Lipinski definition) is 1. The molecule has 0 unspecified atom stereocenters. The molecule has 0 bridgehead atoms. The van der Waals surface area contributed by atoms with Crippen LogP contribution in [0.5, 0.6) is 11.5 Å². The van der Waals surface area contributed by atoms with E-state index in [-0.39, 0.29) is 5.41 Å². The van der Waals surface area contributed by atoms with Gasteiger partial charge in [0.25, 0.3) is 5.69 Å². The molecule has 0 atom stereocenters. The van der Waals surface area contributed by atoms with Crippen LogP contribution in [-0.2, 0) is 20.5 Å². The average molecular weight is 372 g/mol. The van der Waals surface area contributed by atoms with Crippen molar-refractivity contribution in [2.45, 2.75) is 34.1 Å². The van der Waals surface area contributed by atoms with E-state index >= 15 is 0 Å². The topological polar surface area (TPSA) is 18.0 Å². The van der Waals surface area contributed by atoms with E-state index in [1.807, 2.05) is 0 Å². The summed E-state index contributed by atoms with van der Waals surface area (Å²) in [7, 11) is 4.26. The zero-order chi connectivity index (χ0) is 19.8. The van der Waals surface area contributed by atoms with Gasteiger partial charge in [0.2, 0.25) is 11.3 Å². The van der Waals surface area contributed by atoms with Crippen LogP contribution in [0.25, 0.3) is 33.1 Å². The van der Waals surface area contributed by atoms with E-state index in [0.29, 0.717) is 0 Å². The fraction of sp³-hybridized carbons (Fsp3) is 0.320. The molecule has 3 nitrogen and oxygen atoms in total. The maximum atomic E-state index is 6.65. The summed E-state index contributed by atoms with van der Waals surface area (Å²) in [6.07, 6.45) is 3.08. The van der Waals surface area contributed by atoms with Gasteiger partial charge in [0, 0.05) is 24.9 Å². The van der Waals surface area contributed by atoms with E-state index in [4.69, 9.17) is 4.74 Å². The number of aryl methyl sites for hydroxylation is 3. The normalized spacial score (nSPS) is 13.1. The highest BCUT2D eigenvalue weighted by molar-refractivity contribution is 6.04. The summed E-state index contributed by atoms with van der Waals surface area (Å²) in [6.45, 7) is 9.09. The molecule has 5 rings (SSSR count). The summed E-state index contributed by atoms with van der Waals surface area (Å²) in [6, 6.07) is 13.1. The molecule has 0 fully saturated rings. The van der Waals surface area contributed by atoms with E-state index in [0.717, 1.165) is 17.9 Å². The molecule has 0 N–H and O–H groups in total. The Morgan fingerprint density at radius 1 is 1.07 bits per heavy atom. The molecule has 0 aliphatic carbocycles. The Kier molecular flexibility index (Phi) is 3.46. The van der Waals surface area contributed by atoms with Crippen molar-refractivity contribution < 1.29 is 9.30 Å². The van der Waals surface area contributed by atoms with Crippen molar-refractivity contribution in [2.24, 2.45) is 19.5 Å². The van der Waals surface area contributed by atoms with Crippen molar-refractivity contribution in [3.05, 3.63) is 53.7 Å². The number of pyridine rings is 1. The molecule has 0 saturated heterocycles. The number of fused-ring (bicyclic) bond motifs is 3. The first kappa shape index (κ1) is 17.3. The molecule has 28 heavy (non-hydrogen) atoms. The summed E-state index contributed by atoms with van der Waals surface area (Å²) in [5.41, 5.74) is 7.72. The van der Waals surface area contributed by atoms with Crippen molar-refractivity contribution in [1.82, 2.24) is 4.57 Å². The number of aromatic nitrogens is 2. The Labute approximate surface area is 166 Å². The van der Waals surface area contributed by atoms with Crippen molar-refractivity contribution in [1.29, 1.82) is 0 Å². The predicted octanol–water partition coefficient (Wildman–Crippen LogP) is 5.83. The molecule has 3 heterocycles. The number of hydrogen-bond donors (Lipinski definition) is 0. The molecule has 0 radical (unpaired) electrons. The molecule has 142 valence electrons. The monoisotopic (exact) mass is 371 g/mol. The average Bonchev–Trinajstić information content (AvgIpc) is 2.96. The fourth-order valence-corrected chi connectivity index (χ4v) is 4.70. The lowest BCUT2D eigenvalue weighted by molar-refractivity contribution is -0.633. The Hall–Kier alpha value is -2.81. The van der Waals surface area contributed by atoms with Gasteiger partial charge < -0.3 is 9.30 Å². The first-order valence-corrected chi connectivity index (χ1v) is 9.97. The number of ether oxygens (including phenoxy) is 1. The molecule has 2 aromatic heterocycles. The van der Waals surface area contributed by atoms with Gasteiger partial charge >= 0.3 is 0 Å². The summed E-state index contributed by atoms with van der Waals surface area (Å²) >= 11 is 0. The highest BCUT2D eigenvalue weighted by atomic mass is 16.5. The summed E-state index contributed by atoms with van der Waals surface area (Å²) in [5, 5.41) is 2.51. The summed E-state index contributed by atoms with van der Waals surface area (Å²) < 4.78 is 11.1.